The van der Waals surface area contributed by atoms with Crippen LogP contribution in [0, 0.1) is 0 Å². The van der Waals surface area contributed by atoms with Crippen molar-refractivity contribution in [2.75, 3.05) is 0 Å². The van der Waals surface area contributed by atoms with E-state index in [0.29, 0.717) is 0 Å². The Morgan fingerprint density at radius 1 is 1.40 bits per heavy atom. The monoisotopic (exact) mass is 219 g/mol. The largest absolute Gasteiger partial charge is 0.354 e. The number of rotatable bonds is 3. The number of aromatic nitrogens is 1. The minimum atomic E-state index is -1.13. The Morgan fingerprint density at radius 3 is 2.80 bits per heavy atom. The molecule has 0 bridgehead atoms. The molecule has 1 saturated heterocycles. The summed E-state index contributed by atoms with van der Waals surface area (Å²) in [5.74, 6) is 0. The maximum absolute atomic E-state index is 3.94. The van der Waals surface area contributed by atoms with Gasteiger partial charge in [0.15, 0.2) is 0 Å². The molecule has 2 rings (SSSR count). The molecule has 2 heterocycles. The molecule has 0 saturated carbocycles. The van der Waals surface area contributed by atoms with Crippen molar-refractivity contribution in [3.8, 4) is 0 Å². The lowest BCUT2D eigenvalue weighted by Crippen LogP contribution is -2.43. The highest BCUT2D eigenvalue weighted by Crippen LogP contribution is 2.39. The zero-order chi connectivity index (χ0) is 10.7. The number of hydrogen-bond donors (Lipinski definition) is 0. The molecule has 1 nitrogen and oxygen atoms in total. The molecule has 0 spiro atoms. The first-order valence-electron chi connectivity index (χ1n) is 6.00. The van der Waals surface area contributed by atoms with E-state index in [0.717, 1.165) is 5.67 Å². The highest BCUT2D eigenvalue weighted by atomic mass is 28.3. The van der Waals surface area contributed by atoms with Crippen molar-refractivity contribution < 1.29 is 0 Å². The third kappa shape index (κ3) is 2.10. The van der Waals surface area contributed by atoms with Gasteiger partial charge in [0.2, 0.25) is 0 Å². The van der Waals surface area contributed by atoms with Crippen molar-refractivity contribution in [2.45, 2.75) is 43.6 Å². The zero-order valence-corrected chi connectivity index (χ0v) is 10.7. The van der Waals surface area contributed by atoms with E-state index in [9.17, 15) is 0 Å². The summed E-state index contributed by atoms with van der Waals surface area (Å²) in [6.07, 6.45) is 10.9. The summed E-state index contributed by atoms with van der Waals surface area (Å²) in [6, 6.07) is 7.05. The standard InChI is InChI=1S/C13H21NSi/c1-3-11-15(2)12-7-4-8-13(15)14-9-5-6-10-14/h3,5-6,9-10,13H,1,4,7-8,11-12H2,2H3. The van der Waals surface area contributed by atoms with Gasteiger partial charge in [0.25, 0.3) is 0 Å². The van der Waals surface area contributed by atoms with Crippen LogP contribution < -0.4 is 0 Å². The van der Waals surface area contributed by atoms with Gasteiger partial charge in [0.1, 0.15) is 0 Å². The first-order chi connectivity index (χ1) is 7.26. The molecule has 0 N–H and O–H groups in total. The fourth-order valence-electron chi connectivity index (χ4n) is 3.01. The Bertz CT molecular complexity index is 317. The second-order valence-corrected chi connectivity index (χ2v) is 9.92. The van der Waals surface area contributed by atoms with Crippen LogP contribution in [0.2, 0.25) is 18.6 Å². The van der Waals surface area contributed by atoms with Crippen LogP contribution in [0.15, 0.2) is 37.2 Å². The molecule has 0 amide bonds. The fourth-order valence-corrected chi connectivity index (χ4v) is 7.33. The summed E-state index contributed by atoms with van der Waals surface area (Å²) in [5, 5.41) is 0. The highest BCUT2D eigenvalue weighted by Gasteiger charge is 2.38. The van der Waals surface area contributed by atoms with Crippen LogP contribution in [0.4, 0.5) is 0 Å². The molecular formula is C13H21NSi. The van der Waals surface area contributed by atoms with Gasteiger partial charge >= 0.3 is 0 Å². The van der Waals surface area contributed by atoms with Crippen LogP contribution in [0.1, 0.15) is 24.9 Å². The molecule has 15 heavy (non-hydrogen) atoms. The molecular weight excluding hydrogens is 198 g/mol. The smallest absolute Gasteiger partial charge is 0.0807 e. The van der Waals surface area contributed by atoms with Gasteiger partial charge in [-0.2, -0.15) is 0 Å². The summed E-state index contributed by atoms with van der Waals surface area (Å²) in [5.41, 5.74) is 0.805. The van der Waals surface area contributed by atoms with Crippen LogP contribution >= 0.6 is 0 Å². The van der Waals surface area contributed by atoms with Gasteiger partial charge in [-0.25, -0.2) is 0 Å². The lowest BCUT2D eigenvalue weighted by atomic mass is 10.2. The van der Waals surface area contributed by atoms with Gasteiger partial charge in [0, 0.05) is 18.1 Å². The number of hydrogen-bond acceptors (Lipinski definition) is 0. The van der Waals surface area contributed by atoms with Gasteiger partial charge in [-0.05, 0) is 24.6 Å². The van der Waals surface area contributed by atoms with Gasteiger partial charge in [-0.1, -0.05) is 31.5 Å². The Balaban J connectivity index is 2.23. The van der Waals surface area contributed by atoms with E-state index in [1.807, 2.05) is 0 Å². The van der Waals surface area contributed by atoms with E-state index >= 15 is 0 Å². The Hall–Kier alpha value is -0.763. The summed E-state index contributed by atoms with van der Waals surface area (Å²) in [6.45, 7) is 6.50. The Morgan fingerprint density at radius 2 is 2.13 bits per heavy atom. The molecule has 82 valence electrons. The first-order valence-corrected chi connectivity index (χ1v) is 8.99. The lowest BCUT2D eigenvalue weighted by molar-refractivity contribution is 0.521. The van der Waals surface area contributed by atoms with Crippen molar-refractivity contribution in [1.82, 2.24) is 4.57 Å². The maximum Gasteiger partial charge on any atom is 0.0807 e. The normalized spacial score (nSPS) is 31.4. The van der Waals surface area contributed by atoms with Crippen LogP contribution in [-0.2, 0) is 0 Å². The summed E-state index contributed by atoms with van der Waals surface area (Å²) < 4.78 is 2.45. The third-order valence-electron chi connectivity index (χ3n) is 3.88. The molecule has 0 aromatic carbocycles. The lowest BCUT2D eigenvalue weighted by Gasteiger charge is -2.40. The number of allylic oxidation sites excluding steroid dienone is 1. The van der Waals surface area contributed by atoms with Crippen LogP contribution in [0.3, 0.4) is 0 Å². The SMILES string of the molecule is C=CC[Si]1(C)CCCCC1n1cccc1. The maximum atomic E-state index is 3.94. The third-order valence-corrected chi connectivity index (χ3v) is 8.79. The van der Waals surface area contributed by atoms with Gasteiger partial charge in [0.05, 0.1) is 8.07 Å². The summed E-state index contributed by atoms with van der Waals surface area (Å²) >= 11 is 0. The second kappa shape index (κ2) is 4.39. The quantitative estimate of drug-likeness (QED) is 0.534. The van der Waals surface area contributed by atoms with Crippen molar-refractivity contribution in [1.29, 1.82) is 0 Å². The van der Waals surface area contributed by atoms with Crippen molar-refractivity contribution in [3.05, 3.63) is 37.2 Å². The topological polar surface area (TPSA) is 4.93 Å². The Kier molecular flexibility index (Phi) is 3.15. The zero-order valence-electron chi connectivity index (χ0n) is 9.65. The molecule has 2 atom stereocenters. The highest BCUT2D eigenvalue weighted by molar-refractivity contribution is 6.79. The van der Waals surface area contributed by atoms with Gasteiger partial charge < -0.3 is 4.57 Å². The van der Waals surface area contributed by atoms with E-state index in [1.165, 1.54) is 31.4 Å². The second-order valence-electron chi connectivity index (χ2n) is 5.04. The first kappa shape index (κ1) is 10.7. The van der Waals surface area contributed by atoms with Crippen molar-refractivity contribution in [2.24, 2.45) is 0 Å². The molecule has 1 aliphatic heterocycles. The van der Waals surface area contributed by atoms with Gasteiger partial charge in [-0.3, -0.25) is 0 Å². The van der Waals surface area contributed by atoms with E-state index in [4.69, 9.17) is 0 Å². The summed E-state index contributed by atoms with van der Waals surface area (Å²) in [4.78, 5) is 0. The van der Waals surface area contributed by atoms with Crippen LogP contribution in [-0.4, -0.2) is 12.6 Å². The van der Waals surface area contributed by atoms with Crippen LogP contribution in [0.25, 0.3) is 0 Å². The molecule has 2 unspecified atom stereocenters. The molecule has 0 aliphatic carbocycles. The van der Waals surface area contributed by atoms with Crippen molar-refractivity contribution >= 4 is 8.07 Å². The average molecular weight is 219 g/mol. The molecule has 1 aromatic heterocycles. The predicted octanol–water partition coefficient (Wildman–Crippen LogP) is 4.02. The number of nitrogens with zero attached hydrogens (tertiary/aromatic N) is 1. The van der Waals surface area contributed by atoms with E-state index in [1.54, 1.807) is 0 Å². The predicted molar refractivity (Wildman–Crippen MR) is 68.7 cm³/mol. The molecule has 2 heteroatoms. The summed E-state index contributed by atoms with van der Waals surface area (Å²) in [7, 11) is -1.13. The van der Waals surface area contributed by atoms with Crippen molar-refractivity contribution in [3.63, 3.8) is 0 Å². The molecule has 0 radical (unpaired) electrons. The minimum absolute atomic E-state index is 0.805. The molecule has 1 aliphatic rings. The van der Waals surface area contributed by atoms with E-state index in [-0.39, 0.29) is 0 Å². The minimum Gasteiger partial charge on any atom is -0.354 e. The fraction of sp³-hybridized carbons (Fsp3) is 0.538. The molecule has 1 fully saturated rings. The van der Waals surface area contributed by atoms with Crippen LogP contribution in [0.5, 0.6) is 0 Å². The van der Waals surface area contributed by atoms with E-state index < -0.39 is 8.07 Å². The molecule has 1 aromatic rings. The van der Waals surface area contributed by atoms with Gasteiger partial charge in [-0.15, -0.1) is 6.58 Å². The van der Waals surface area contributed by atoms with E-state index in [2.05, 4.69) is 48.3 Å². The Labute approximate surface area is 93.8 Å². The average Bonchev–Trinajstić information content (AvgIpc) is 2.71.